The first-order valence-corrected chi connectivity index (χ1v) is 7.87. The summed E-state index contributed by atoms with van der Waals surface area (Å²) in [4.78, 5) is 26.8. The van der Waals surface area contributed by atoms with Gasteiger partial charge in [0.1, 0.15) is 11.6 Å². The van der Waals surface area contributed by atoms with Crippen molar-refractivity contribution in [2.75, 3.05) is 11.9 Å². The van der Waals surface area contributed by atoms with Crippen LogP contribution in [-0.2, 0) is 4.79 Å². The van der Waals surface area contributed by atoms with Gasteiger partial charge in [-0.25, -0.2) is 15.0 Å². The van der Waals surface area contributed by atoms with E-state index in [9.17, 15) is 4.79 Å². The SMILES string of the molecule is CCC(=O)N1CC[C@H]1c1cc(Nc2nccs2)nc(C)n1. The van der Waals surface area contributed by atoms with Crippen LogP contribution in [0.15, 0.2) is 17.6 Å². The highest BCUT2D eigenvalue weighted by atomic mass is 32.1. The van der Waals surface area contributed by atoms with Crippen LogP contribution in [0.3, 0.4) is 0 Å². The molecule has 2 aromatic heterocycles. The molecular weight excluding hydrogens is 286 g/mol. The van der Waals surface area contributed by atoms with Crippen molar-refractivity contribution in [2.24, 2.45) is 0 Å². The molecule has 21 heavy (non-hydrogen) atoms. The summed E-state index contributed by atoms with van der Waals surface area (Å²) in [7, 11) is 0. The van der Waals surface area contributed by atoms with E-state index in [2.05, 4.69) is 20.3 Å². The van der Waals surface area contributed by atoms with Crippen molar-refractivity contribution in [1.82, 2.24) is 19.9 Å². The minimum absolute atomic E-state index is 0.0796. The second kappa shape index (κ2) is 5.77. The summed E-state index contributed by atoms with van der Waals surface area (Å²) in [5.41, 5.74) is 0.898. The molecule has 1 fully saturated rings. The number of likely N-dealkylation sites (tertiary alicyclic amines) is 1. The normalized spacial score (nSPS) is 17.4. The fourth-order valence-electron chi connectivity index (χ4n) is 2.42. The van der Waals surface area contributed by atoms with Gasteiger partial charge in [0.25, 0.3) is 0 Å². The van der Waals surface area contributed by atoms with Gasteiger partial charge in [-0.15, -0.1) is 11.3 Å². The highest BCUT2D eigenvalue weighted by Gasteiger charge is 2.33. The topological polar surface area (TPSA) is 71.0 Å². The van der Waals surface area contributed by atoms with E-state index in [0.29, 0.717) is 12.2 Å². The Morgan fingerprint density at radius 1 is 1.52 bits per heavy atom. The number of thiazole rings is 1. The Morgan fingerprint density at radius 2 is 2.38 bits per heavy atom. The summed E-state index contributed by atoms with van der Waals surface area (Å²) in [6, 6.07) is 1.99. The zero-order valence-electron chi connectivity index (χ0n) is 12.0. The van der Waals surface area contributed by atoms with Gasteiger partial charge in [0.2, 0.25) is 5.91 Å². The highest BCUT2D eigenvalue weighted by Crippen LogP contribution is 2.33. The number of hydrogen-bond acceptors (Lipinski definition) is 6. The van der Waals surface area contributed by atoms with Gasteiger partial charge in [0.05, 0.1) is 11.7 Å². The van der Waals surface area contributed by atoms with E-state index in [1.807, 2.05) is 30.2 Å². The average Bonchev–Trinajstić information content (AvgIpc) is 2.89. The van der Waals surface area contributed by atoms with Crippen LogP contribution in [-0.4, -0.2) is 32.3 Å². The molecule has 0 spiro atoms. The van der Waals surface area contributed by atoms with Crippen LogP contribution in [0.5, 0.6) is 0 Å². The Bertz CT molecular complexity index is 643. The van der Waals surface area contributed by atoms with Crippen molar-refractivity contribution < 1.29 is 4.79 Å². The van der Waals surface area contributed by atoms with Crippen molar-refractivity contribution in [2.45, 2.75) is 32.7 Å². The number of rotatable bonds is 4. The van der Waals surface area contributed by atoms with Crippen LogP contribution >= 0.6 is 11.3 Å². The molecule has 1 aliphatic heterocycles. The van der Waals surface area contributed by atoms with Crippen LogP contribution in [0.4, 0.5) is 10.9 Å². The van der Waals surface area contributed by atoms with Gasteiger partial charge in [-0.3, -0.25) is 4.79 Å². The molecule has 7 heteroatoms. The van der Waals surface area contributed by atoms with E-state index in [0.717, 1.165) is 29.6 Å². The summed E-state index contributed by atoms with van der Waals surface area (Å²) in [5, 5.41) is 5.89. The van der Waals surface area contributed by atoms with Crippen LogP contribution in [0, 0.1) is 6.92 Å². The maximum Gasteiger partial charge on any atom is 0.222 e. The number of aromatic nitrogens is 3. The van der Waals surface area contributed by atoms with Crippen molar-refractivity contribution in [3.05, 3.63) is 29.2 Å². The molecule has 0 bridgehead atoms. The summed E-state index contributed by atoms with van der Waals surface area (Å²) in [6.07, 6.45) is 3.24. The molecule has 1 saturated heterocycles. The molecule has 0 saturated carbocycles. The number of hydrogen-bond donors (Lipinski definition) is 1. The first-order valence-electron chi connectivity index (χ1n) is 6.99. The monoisotopic (exact) mass is 303 g/mol. The molecule has 110 valence electrons. The summed E-state index contributed by atoms with van der Waals surface area (Å²) in [5.74, 6) is 1.60. The smallest absolute Gasteiger partial charge is 0.222 e. The molecule has 2 aromatic rings. The van der Waals surface area contributed by atoms with Gasteiger partial charge in [0.15, 0.2) is 5.13 Å². The molecular formula is C14H17N5OS. The standard InChI is InChI=1S/C14H17N5OS/c1-3-13(20)19-6-4-11(19)10-8-12(17-9(2)16-10)18-14-15-5-7-21-14/h5,7-8,11H,3-4,6H2,1-2H3,(H,15,16,17,18)/t11-/m0/s1. The molecule has 1 N–H and O–H groups in total. The van der Waals surface area contributed by atoms with E-state index in [-0.39, 0.29) is 11.9 Å². The number of nitrogens with zero attached hydrogens (tertiary/aromatic N) is 4. The zero-order chi connectivity index (χ0) is 14.8. The van der Waals surface area contributed by atoms with E-state index in [4.69, 9.17) is 0 Å². The Hall–Kier alpha value is -2.02. The summed E-state index contributed by atoms with van der Waals surface area (Å²) < 4.78 is 0. The molecule has 1 aliphatic rings. The fraction of sp³-hybridized carbons (Fsp3) is 0.429. The zero-order valence-corrected chi connectivity index (χ0v) is 12.9. The van der Waals surface area contributed by atoms with Crippen LogP contribution in [0.2, 0.25) is 0 Å². The largest absolute Gasteiger partial charge is 0.334 e. The lowest BCUT2D eigenvalue weighted by Gasteiger charge is -2.40. The lowest BCUT2D eigenvalue weighted by Crippen LogP contribution is -2.45. The maximum absolute atomic E-state index is 11.9. The van der Waals surface area contributed by atoms with Crippen molar-refractivity contribution >= 4 is 28.2 Å². The van der Waals surface area contributed by atoms with Gasteiger partial charge in [-0.05, 0) is 13.3 Å². The molecule has 1 atom stereocenters. The maximum atomic E-state index is 11.9. The quantitative estimate of drug-likeness (QED) is 0.940. The van der Waals surface area contributed by atoms with Crippen molar-refractivity contribution in [3.8, 4) is 0 Å². The second-order valence-corrected chi connectivity index (χ2v) is 5.83. The van der Waals surface area contributed by atoms with E-state index in [1.54, 1.807) is 6.20 Å². The lowest BCUT2D eigenvalue weighted by atomic mass is 9.98. The fourth-order valence-corrected chi connectivity index (χ4v) is 2.95. The Labute approximate surface area is 127 Å². The molecule has 6 nitrogen and oxygen atoms in total. The lowest BCUT2D eigenvalue weighted by molar-refractivity contribution is -0.138. The molecule has 0 aromatic carbocycles. The van der Waals surface area contributed by atoms with Crippen LogP contribution in [0.1, 0.15) is 37.3 Å². The molecule has 0 unspecified atom stereocenters. The first-order chi connectivity index (χ1) is 10.2. The minimum atomic E-state index is 0.0796. The molecule has 0 aliphatic carbocycles. The molecule has 1 amide bonds. The number of carbonyl (C=O) groups excluding carboxylic acids is 1. The Kier molecular flexibility index (Phi) is 3.83. The minimum Gasteiger partial charge on any atom is -0.334 e. The number of carbonyl (C=O) groups is 1. The summed E-state index contributed by atoms with van der Waals surface area (Å²) in [6.45, 7) is 4.56. The van der Waals surface area contributed by atoms with Gasteiger partial charge >= 0.3 is 0 Å². The van der Waals surface area contributed by atoms with E-state index < -0.39 is 0 Å². The van der Waals surface area contributed by atoms with Gasteiger partial charge in [0, 0.05) is 30.6 Å². The van der Waals surface area contributed by atoms with Gasteiger partial charge in [-0.2, -0.15) is 0 Å². The highest BCUT2D eigenvalue weighted by molar-refractivity contribution is 7.13. The number of aryl methyl sites for hydroxylation is 1. The van der Waals surface area contributed by atoms with E-state index in [1.165, 1.54) is 11.3 Å². The molecule has 3 rings (SSSR count). The average molecular weight is 303 g/mol. The number of anilines is 2. The van der Waals surface area contributed by atoms with Gasteiger partial charge in [-0.1, -0.05) is 6.92 Å². The van der Waals surface area contributed by atoms with Crippen LogP contribution in [0.25, 0.3) is 0 Å². The second-order valence-electron chi connectivity index (χ2n) is 4.93. The van der Waals surface area contributed by atoms with Crippen molar-refractivity contribution in [1.29, 1.82) is 0 Å². The van der Waals surface area contributed by atoms with E-state index >= 15 is 0 Å². The van der Waals surface area contributed by atoms with Crippen LogP contribution < -0.4 is 5.32 Å². The third-order valence-corrected chi connectivity index (χ3v) is 4.20. The first kappa shape index (κ1) is 13.9. The third kappa shape index (κ3) is 2.87. The van der Waals surface area contributed by atoms with Crippen molar-refractivity contribution in [3.63, 3.8) is 0 Å². The molecule has 3 heterocycles. The predicted octanol–water partition coefficient (Wildman–Crippen LogP) is 2.67. The Morgan fingerprint density at radius 3 is 3.00 bits per heavy atom. The summed E-state index contributed by atoms with van der Waals surface area (Å²) >= 11 is 1.52. The predicted molar refractivity (Wildman–Crippen MR) is 81.5 cm³/mol. The Balaban J connectivity index is 1.83. The number of amides is 1. The number of nitrogens with one attached hydrogen (secondary N) is 1. The van der Waals surface area contributed by atoms with Gasteiger partial charge < -0.3 is 10.2 Å². The molecule has 0 radical (unpaired) electrons. The third-order valence-electron chi connectivity index (χ3n) is 3.51.